The van der Waals surface area contributed by atoms with Crippen LogP contribution in [0.2, 0.25) is 0 Å². The van der Waals surface area contributed by atoms with Crippen LogP contribution < -0.4 is 9.47 Å². The van der Waals surface area contributed by atoms with Crippen molar-refractivity contribution in [3.05, 3.63) is 59.4 Å². The number of carbonyl (C=O) groups is 1. The predicted molar refractivity (Wildman–Crippen MR) is 99.4 cm³/mol. The Bertz CT molecular complexity index is 798. The Balaban J connectivity index is 1.62. The molecule has 1 N–H and O–H groups in total. The van der Waals surface area contributed by atoms with Crippen LogP contribution in [0.4, 0.5) is 4.39 Å². The summed E-state index contributed by atoms with van der Waals surface area (Å²) in [4.78, 5) is 14.4. The number of benzene rings is 2. The number of piperidine rings is 1. The van der Waals surface area contributed by atoms with Gasteiger partial charge in [-0.15, -0.1) is 0 Å². The van der Waals surface area contributed by atoms with Crippen LogP contribution >= 0.6 is 0 Å². The summed E-state index contributed by atoms with van der Waals surface area (Å²) in [6.07, 6.45) is 1.11. The number of likely N-dealkylation sites (tertiary alicyclic amines) is 1. The molecule has 3 rings (SSSR count). The number of hydrogen-bond acceptors (Lipinski definition) is 4. The molecule has 0 saturated carbocycles. The van der Waals surface area contributed by atoms with Gasteiger partial charge in [0.15, 0.2) is 11.5 Å². The lowest BCUT2D eigenvalue weighted by Crippen LogP contribution is -2.45. The number of hydrogen-bond donors (Lipinski definition) is 1. The van der Waals surface area contributed by atoms with Gasteiger partial charge >= 0.3 is 0 Å². The van der Waals surface area contributed by atoms with Crippen LogP contribution in [0, 0.1) is 5.82 Å². The van der Waals surface area contributed by atoms with Gasteiger partial charge in [-0.2, -0.15) is 0 Å². The van der Waals surface area contributed by atoms with Gasteiger partial charge in [-0.1, -0.05) is 18.2 Å². The lowest BCUT2D eigenvalue weighted by Gasteiger charge is -2.38. The van der Waals surface area contributed by atoms with Crippen molar-refractivity contribution in [1.29, 1.82) is 0 Å². The monoisotopic (exact) mass is 373 g/mol. The number of halogens is 1. The van der Waals surface area contributed by atoms with E-state index in [0.717, 1.165) is 5.56 Å². The van der Waals surface area contributed by atoms with Gasteiger partial charge in [-0.3, -0.25) is 4.79 Å². The van der Waals surface area contributed by atoms with E-state index in [1.165, 1.54) is 12.1 Å². The van der Waals surface area contributed by atoms with Crippen molar-refractivity contribution < 1.29 is 23.8 Å². The Labute approximate surface area is 158 Å². The van der Waals surface area contributed by atoms with Crippen LogP contribution in [0.1, 0.15) is 24.0 Å². The van der Waals surface area contributed by atoms with E-state index in [9.17, 15) is 14.3 Å². The molecule has 144 valence electrons. The molecule has 1 amide bonds. The fraction of sp³-hybridized carbons (Fsp3) is 0.381. The van der Waals surface area contributed by atoms with Gasteiger partial charge < -0.3 is 19.5 Å². The minimum absolute atomic E-state index is 0.00313. The third kappa shape index (κ3) is 4.22. The van der Waals surface area contributed by atoms with Crippen LogP contribution in [-0.4, -0.2) is 43.2 Å². The van der Waals surface area contributed by atoms with E-state index in [-0.39, 0.29) is 18.1 Å². The molecular formula is C21H24FNO4. The van der Waals surface area contributed by atoms with Crippen molar-refractivity contribution >= 4 is 5.91 Å². The molecule has 0 unspecified atom stereocenters. The first-order chi connectivity index (χ1) is 12.9. The maximum absolute atomic E-state index is 13.1. The number of ether oxygens (including phenoxy) is 2. The molecule has 27 heavy (non-hydrogen) atoms. The minimum atomic E-state index is -1.02. The van der Waals surface area contributed by atoms with Gasteiger partial charge in [-0.25, -0.2) is 4.39 Å². The molecule has 0 radical (unpaired) electrons. The molecule has 1 aliphatic heterocycles. The van der Waals surface area contributed by atoms with Gasteiger partial charge in [0.2, 0.25) is 5.91 Å². The van der Waals surface area contributed by atoms with Crippen LogP contribution in [-0.2, 0) is 16.8 Å². The topological polar surface area (TPSA) is 59.0 Å². The second kappa shape index (κ2) is 7.96. The molecule has 1 fully saturated rings. The van der Waals surface area contributed by atoms with Crippen molar-refractivity contribution in [1.82, 2.24) is 4.90 Å². The number of aliphatic hydroxyl groups is 1. The molecule has 0 aliphatic carbocycles. The highest BCUT2D eigenvalue weighted by Gasteiger charge is 2.35. The van der Waals surface area contributed by atoms with Crippen LogP contribution in [0.15, 0.2) is 42.5 Å². The quantitative estimate of drug-likeness (QED) is 0.876. The summed E-state index contributed by atoms with van der Waals surface area (Å²) in [6.45, 7) is 0.917. The number of methoxy groups -OCH3 is 2. The Morgan fingerprint density at radius 3 is 2.30 bits per heavy atom. The molecule has 2 aromatic rings. The molecule has 0 spiro atoms. The molecule has 2 aromatic carbocycles. The van der Waals surface area contributed by atoms with Gasteiger partial charge in [-0.05, 0) is 48.2 Å². The molecule has 1 heterocycles. The summed E-state index contributed by atoms with van der Waals surface area (Å²) in [5.41, 5.74) is 0.515. The third-order valence-electron chi connectivity index (χ3n) is 5.13. The molecule has 1 aliphatic rings. The normalized spacial score (nSPS) is 16.1. The van der Waals surface area contributed by atoms with E-state index in [2.05, 4.69) is 0 Å². The van der Waals surface area contributed by atoms with Crippen molar-refractivity contribution in [2.75, 3.05) is 27.3 Å². The Kier molecular flexibility index (Phi) is 5.65. The largest absolute Gasteiger partial charge is 0.493 e. The maximum Gasteiger partial charge on any atom is 0.226 e. The standard InChI is InChI=1S/C21H24FNO4/c1-26-18-8-3-15(13-19(18)27-2)14-20(24)23-11-9-21(25,10-12-23)16-4-6-17(22)7-5-16/h3-8,13,25H,9-12,14H2,1-2H3. The summed E-state index contributed by atoms with van der Waals surface area (Å²) in [5, 5.41) is 10.9. The molecule has 0 atom stereocenters. The SMILES string of the molecule is COc1ccc(CC(=O)N2CCC(O)(c3ccc(F)cc3)CC2)cc1OC. The van der Waals surface area contributed by atoms with Crippen LogP contribution in [0.25, 0.3) is 0 Å². The van der Waals surface area contributed by atoms with Crippen molar-refractivity contribution in [2.24, 2.45) is 0 Å². The highest BCUT2D eigenvalue weighted by atomic mass is 19.1. The second-order valence-electron chi connectivity index (χ2n) is 6.79. The molecule has 6 heteroatoms. The molecule has 5 nitrogen and oxygen atoms in total. The summed E-state index contributed by atoms with van der Waals surface area (Å²) in [5.74, 6) is 0.886. The van der Waals surface area contributed by atoms with Crippen molar-refractivity contribution in [3.8, 4) is 11.5 Å². The van der Waals surface area contributed by atoms with Gasteiger partial charge in [0.25, 0.3) is 0 Å². The zero-order valence-electron chi connectivity index (χ0n) is 15.6. The van der Waals surface area contributed by atoms with Crippen molar-refractivity contribution in [3.63, 3.8) is 0 Å². The highest BCUT2D eigenvalue weighted by molar-refractivity contribution is 5.79. The summed E-state index contributed by atoms with van der Waals surface area (Å²) < 4.78 is 23.6. The molecule has 0 bridgehead atoms. The van der Waals surface area contributed by atoms with E-state index in [0.29, 0.717) is 43.0 Å². The molecule has 0 aromatic heterocycles. The average Bonchev–Trinajstić information content (AvgIpc) is 2.68. The fourth-order valence-electron chi connectivity index (χ4n) is 3.45. The summed E-state index contributed by atoms with van der Waals surface area (Å²) >= 11 is 0. The Morgan fingerprint density at radius 1 is 1.07 bits per heavy atom. The van der Waals surface area contributed by atoms with Crippen LogP contribution in [0.5, 0.6) is 11.5 Å². The highest BCUT2D eigenvalue weighted by Crippen LogP contribution is 2.33. The van der Waals surface area contributed by atoms with Gasteiger partial charge in [0.05, 0.1) is 26.2 Å². The molecule has 1 saturated heterocycles. The smallest absolute Gasteiger partial charge is 0.226 e. The van der Waals surface area contributed by atoms with Crippen molar-refractivity contribution in [2.45, 2.75) is 24.9 Å². The average molecular weight is 373 g/mol. The van der Waals surface area contributed by atoms with E-state index < -0.39 is 5.60 Å². The van der Waals surface area contributed by atoms with E-state index in [1.54, 1.807) is 43.4 Å². The number of amides is 1. The zero-order chi connectivity index (χ0) is 19.4. The lowest BCUT2D eigenvalue weighted by molar-refractivity contribution is -0.135. The number of carbonyl (C=O) groups excluding carboxylic acids is 1. The van der Waals surface area contributed by atoms with Crippen LogP contribution in [0.3, 0.4) is 0 Å². The first-order valence-electron chi connectivity index (χ1n) is 8.92. The zero-order valence-corrected chi connectivity index (χ0v) is 15.6. The number of nitrogens with zero attached hydrogens (tertiary/aromatic N) is 1. The first-order valence-corrected chi connectivity index (χ1v) is 8.92. The Morgan fingerprint density at radius 2 is 1.70 bits per heavy atom. The molecular weight excluding hydrogens is 349 g/mol. The lowest BCUT2D eigenvalue weighted by atomic mass is 9.84. The summed E-state index contributed by atoms with van der Waals surface area (Å²) in [6, 6.07) is 11.3. The third-order valence-corrected chi connectivity index (χ3v) is 5.13. The Hall–Kier alpha value is -2.60. The second-order valence-corrected chi connectivity index (χ2v) is 6.79. The summed E-state index contributed by atoms with van der Waals surface area (Å²) in [7, 11) is 3.13. The minimum Gasteiger partial charge on any atom is -0.493 e. The maximum atomic E-state index is 13.1. The fourth-order valence-corrected chi connectivity index (χ4v) is 3.45. The van der Waals surface area contributed by atoms with E-state index in [1.807, 2.05) is 6.07 Å². The van der Waals surface area contributed by atoms with E-state index in [4.69, 9.17) is 9.47 Å². The van der Waals surface area contributed by atoms with Gasteiger partial charge in [0.1, 0.15) is 5.82 Å². The predicted octanol–water partition coefficient (Wildman–Crippen LogP) is 2.90. The van der Waals surface area contributed by atoms with Gasteiger partial charge in [0, 0.05) is 13.1 Å². The van der Waals surface area contributed by atoms with E-state index >= 15 is 0 Å². The number of rotatable bonds is 5. The first kappa shape index (κ1) is 19.2.